The topological polar surface area (TPSA) is 24.9 Å². The summed E-state index contributed by atoms with van der Waals surface area (Å²) in [5, 5.41) is 0. The first-order chi connectivity index (χ1) is 8.54. The van der Waals surface area contributed by atoms with Crippen LogP contribution in [0, 0.1) is 10.8 Å². The van der Waals surface area contributed by atoms with Crippen LogP contribution in [0.4, 0.5) is 0 Å². The van der Waals surface area contributed by atoms with Crippen molar-refractivity contribution in [2.45, 2.75) is 41.5 Å². The van der Waals surface area contributed by atoms with Crippen molar-refractivity contribution in [2.75, 3.05) is 40.4 Å². The summed E-state index contributed by atoms with van der Waals surface area (Å²) in [6, 6.07) is 0. The van der Waals surface area contributed by atoms with E-state index in [4.69, 9.17) is 8.85 Å². The lowest BCUT2D eigenvalue weighted by Gasteiger charge is -2.40. The van der Waals surface area contributed by atoms with Crippen LogP contribution in [0.15, 0.2) is 0 Å². The maximum absolute atomic E-state index is 5.93. The molecular weight excluding hydrogens is 256 g/mol. The molecule has 0 atom stereocenters. The van der Waals surface area contributed by atoms with E-state index in [1.807, 2.05) is 0 Å². The van der Waals surface area contributed by atoms with Crippen molar-refractivity contribution in [3.05, 3.63) is 0 Å². The molecular formula is C14H32N2O2Si. The van der Waals surface area contributed by atoms with E-state index >= 15 is 0 Å². The molecule has 1 aliphatic heterocycles. The third kappa shape index (κ3) is 4.26. The summed E-state index contributed by atoms with van der Waals surface area (Å²) in [6.07, 6.45) is 0. The van der Waals surface area contributed by atoms with Crippen LogP contribution in [0.25, 0.3) is 0 Å². The summed E-state index contributed by atoms with van der Waals surface area (Å²) < 4.78 is 16.8. The maximum Gasteiger partial charge on any atom is 0.522 e. The third-order valence-electron chi connectivity index (χ3n) is 3.30. The Labute approximate surface area is 120 Å². The van der Waals surface area contributed by atoms with Crippen LogP contribution in [0.5, 0.6) is 0 Å². The van der Waals surface area contributed by atoms with Gasteiger partial charge in [-0.15, -0.1) is 0 Å². The van der Waals surface area contributed by atoms with Crippen LogP contribution in [0.1, 0.15) is 41.5 Å². The summed E-state index contributed by atoms with van der Waals surface area (Å²) in [4.78, 5) is 0. The molecule has 4 nitrogen and oxygen atoms in total. The molecule has 114 valence electrons. The van der Waals surface area contributed by atoms with Crippen molar-refractivity contribution >= 4 is 8.88 Å². The van der Waals surface area contributed by atoms with Crippen LogP contribution in [0.3, 0.4) is 0 Å². The van der Waals surface area contributed by atoms with E-state index in [-0.39, 0.29) is 10.8 Å². The molecule has 0 saturated carbocycles. The zero-order chi connectivity index (χ0) is 14.9. The standard InChI is InChI=1S/C14H32N2O2Si/c1-13(2,3)11-15-9-10-16(12-14(4,5)6)19(15,17-7)18-8/h9-12H2,1-8H3. The van der Waals surface area contributed by atoms with Gasteiger partial charge in [-0.05, 0) is 10.8 Å². The molecule has 0 spiro atoms. The molecule has 19 heavy (non-hydrogen) atoms. The van der Waals surface area contributed by atoms with Gasteiger partial charge in [0.05, 0.1) is 0 Å². The van der Waals surface area contributed by atoms with Crippen LogP contribution in [-0.4, -0.2) is 58.4 Å². The molecule has 0 aromatic carbocycles. The second-order valence-electron chi connectivity index (χ2n) is 7.92. The zero-order valence-electron chi connectivity index (χ0n) is 14.0. The average molecular weight is 289 g/mol. The Morgan fingerprint density at radius 1 is 0.789 bits per heavy atom. The summed E-state index contributed by atoms with van der Waals surface area (Å²) in [7, 11) is 1.20. The van der Waals surface area contributed by atoms with Crippen molar-refractivity contribution in [1.82, 2.24) is 9.13 Å². The van der Waals surface area contributed by atoms with Gasteiger partial charge in [0, 0.05) is 40.4 Å². The number of hydrogen-bond donors (Lipinski definition) is 0. The van der Waals surface area contributed by atoms with E-state index in [2.05, 4.69) is 50.7 Å². The van der Waals surface area contributed by atoms with Crippen molar-refractivity contribution in [1.29, 1.82) is 0 Å². The molecule has 0 radical (unpaired) electrons. The molecule has 0 amide bonds. The van der Waals surface area contributed by atoms with Crippen molar-refractivity contribution in [3.8, 4) is 0 Å². The van der Waals surface area contributed by atoms with Gasteiger partial charge in [-0.25, -0.2) is 0 Å². The molecule has 5 heteroatoms. The number of nitrogens with zero attached hydrogens (tertiary/aromatic N) is 2. The second-order valence-corrected chi connectivity index (χ2v) is 11.1. The third-order valence-corrected chi connectivity index (χ3v) is 6.73. The fourth-order valence-corrected chi connectivity index (χ4v) is 6.54. The van der Waals surface area contributed by atoms with Gasteiger partial charge in [-0.1, -0.05) is 41.5 Å². The van der Waals surface area contributed by atoms with Crippen LogP contribution in [0.2, 0.25) is 0 Å². The molecule has 0 bridgehead atoms. The van der Waals surface area contributed by atoms with Gasteiger partial charge in [0.1, 0.15) is 0 Å². The molecule has 0 aliphatic carbocycles. The van der Waals surface area contributed by atoms with E-state index in [9.17, 15) is 0 Å². The molecule has 1 fully saturated rings. The highest BCUT2D eigenvalue weighted by Gasteiger charge is 2.56. The molecule has 0 aromatic rings. The highest BCUT2D eigenvalue weighted by atomic mass is 28.4. The van der Waals surface area contributed by atoms with E-state index in [1.54, 1.807) is 14.2 Å². The lowest BCUT2D eigenvalue weighted by atomic mass is 9.97. The molecule has 1 aliphatic rings. The van der Waals surface area contributed by atoms with Crippen LogP contribution in [-0.2, 0) is 8.85 Å². The smallest absolute Gasteiger partial charge is 0.374 e. The zero-order valence-corrected chi connectivity index (χ0v) is 15.0. The first-order valence-corrected chi connectivity index (χ1v) is 8.85. The van der Waals surface area contributed by atoms with Gasteiger partial charge < -0.3 is 8.85 Å². The summed E-state index contributed by atoms with van der Waals surface area (Å²) >= 11 is 0. The Bertz CT molecular complexity index is 267. The Kier molecular flexibility index (Phi) is 5.24. The van der Waals surface area contributed by atoms with Gasteiger partial charge in [0.15, 0.2) is 0 Å². The molecule has 0 N–H and O–H groups in total. The van der Waals surface area contributed by atoms with Gasteiger partial charge in [0.2, 0.25) is 0 Å². The summed E-state index contributed by atoms with van der Waals surface area (Å²) in [6.45, 7) is 17.7. The Morgan fingerprint density at radius 2 is 1.11 bits per heavy atom. The first kappa shape index (κ1) is 17.1. The van der Waals surface area contributed by atoms with Gasteiger partial charge in [0.25, 0.3) is 0 Å². The second kappa shape index (κ2) is 5.82. The monoisotopic (exact) mass is 288 g/mol. The van der Waals surface area contributed by atoms with Crippen molar-refractivity contribution < 1.29 is 8.85 Å². The molecule has 0 aromatic heterocycles. The Morgan fingerprint density at radius 3 is 1.32 bits per heavy atom. The minimum atomic E-state index is -2.39. The number of rotatable bonds is 4. The average Bonchev–Trinajstić information content (AvgIpc) is 2.52. The van der Waals surface area contributed by atoms with Crippen LogP contribution >= 0.6 is 0 Å². The Hall–Kier alpha value is 0.0569. The first-order valence-electron chi connectivity index (χ1n) is 7.14. The lowest BCUT2D eigenvalue weighted by molar-refractivity contribution is 0.110. The highest BCUT2D eigenvalue weighted by molar-refractivity contribution is 6.62. The molecule has 1 saturated heterocycles. The lowest BCUT2D eigenvalue weighted by Crippen LogP contribution is -2.65. The van der Waals surface area contributed by atoms with Crippen molar-refractivity contribution in [3.63, 3.8) is 0 Å². The quantitative estimate of drug-likeness (QED) is 0.742. The van der Waals surface area contributed by atoms with Gasteiger partial charge in [-0.2, -0.15) is 0 Å². The predicted molar refractivity (Wildman–Crippen MR) is 81.8 cm³/mol. The maximum atomic E-state index is 5.93. The minimum Gasteiger partial charge on any atom is -0.374 e. The largest absolute Gasteiger partial charge is 0.522 e. The van der Waals surface area contributed by atoms with E-state index in [0.29, 0.717) is 0 Å². The van der Waals surface area contributed by atoms with E-state index < -0.39 is 8.88 Å². The van der Waals surface area contributed by atoms with Crippen molar-refractivity contribution in [2.24, 2.45) is 10.8 Å². The molecule has 1 rings (SSSR count). The summed E-state index contributed by atoms with van der Waals surface area (Å²) in [5.41, 5.74) is 0.514. The fraction of sp³-hybridized carbons (Fsp3) is 1.00. The SMILES string of the molecule is CO[Si]1(OC)N(CC(C)(C)C)CCN1CC(C)(C)C. The van der Waals surface area contributed by atoms with Crippen LogP contribution < -0.4 is 0 Å². The van der Waals surface area contributed by atoms with Gasteiger partial charge >= 0.3 is 8.88 Å². The Balaban J connectivity index is 2.92. The van der Waals surface area contributed by atoms with E-state index in [0.717, 1.165) is 26.2 Å². The van der Waals surface area contributed by atoms with E-state index in [1.165, 1.54) is 0 Å². The fourth-order valence-electron chi connectivity index (χ4n) is 2.83. The summed E-state index contributed by atoms with van der Waals surface area (Å²) in [5.74, 6) is 0. The van der Waals surface area contributed by atoms with Gasteiger partial charge in [-0.3, -0.25) is 9.13 Å². The predicted octanol–water partition coefficient (Wildman–Crippen LogP) is 2.42. The minimum absolute atomic E-state index is 0.257. The number of hydrogen-bond acceptors (Lipinski definition) is 4. The molecule has 1 heterocycles. The normalized spacial score (nSPS) is 22.1. The molecule has 0 unspecified atom stereocenters. The highest BCUT2D eigenvalue weighted by Crippen LogP contribution is 2.30.